The van der Waals surface area contributed by atoms with Crippen molar-refractivity contribution in [2.24, 2.45) is 5.73 Å². The Hall–Kier alpha value is -1.63. The van der Waals surface area contributed by atoms with Gasteiger partial charge in [0.1, 0.15) is 5.02 Å². The first-order valence-electron chi connectivity index (χ1n) is 3.86. The Kier molecular flexibility index (Phi) is 3.18. The number of primary amides is 1. The summed E-state index contributed by atoms with van der Waals surface area (Å²) >= 11 is 5.49. The molecule has 0 aromatic heterocycles. The third-order valence-electron chi connectivity index (χ3n) is 1.61. The maximum atomic E-state index is 12.0. The smallest absolute Gasteiger partial charge is 0.403 e. The van der Waals surface area contributed by atoms with Crippen LogP contribution in [0.1, 0.15) is 10.4 Å². The second kappa shape index (κ2) is 4.09. The Balaban J connectivity index is 3.32. The van der Waals surface area contributed by atoms with Gasteiger partial charge in [0.15, 0.2) is 5.75 Å². The van der Waals surface area contributed by atoms with Crippen molar-refractivity contribution < 1.29 is 22.7 Å². The lowest BCUT2D eigenvalue weighted by Gasteiger charge is -2.14. The lowest BCUT2D eigenvalue weighted by molar-refractivity contribution is -0.274. The standard InChI is InChI=1S/C8H6ClF3N2O2/c9-5-4(13)2-1-3(7(14)15)6(5)16-8(10,11)12/h1-2H,13H2,(H2,14,15). The number of alkyl halides is 3. The topological polar surface area (TPSA) is 78.3 Å². The molecule has 16 heavy (non-hydrogen) atoms. The van der Waals surface area contributed by atoms with Crippen LogP contribution in [-0.2, 0) is 0 Å². The lowest BCUT2D eigenvalue weighted by atomic mass is 10.1. The molecule has 0 saturated carbocycles. The number of rotatable bonds is 2. The number of hydrogen-bond acceptors (Lipinski definition) is 3. The van der Waals surface area contributed by atoms with E-state index in [4.69, 9.17) is 23.1 Å². The van der Waals surface area contributed by atoms with Crippen LogP contribution < -0.4 is 16.2 Å². The van der Waals surface area contributed by atoms with Crippen LogP contribution in [0.25, 0.3) is 0 Å². The summed E-state index contributed by atoms with van der Waals surface area (Å²) < 4.78 is 39.7. The predicted molar refractivity (Wildman–Crippen MR) is 51.1 cm³/mol. The molecule has 1 rings (SSSR count). The minimum Gasteiger partial charge on any atom is -0.403 e. The van der Waals surface area contributed by atoms with Gasteiger partial charge in [0.05, 0.1) is 11.3 Å². The molecular weight excluding hydrogens is 249 g/mol. The van der Waals surface area contributed by atoms with Crippen LogP contribution in [0.15, 0.2) is 12.1 Å². The Morgan fingerprint density at radius 1 is 1.38 bits per heavy atom. The summed E-state index contributed by atoms with van der Waals surface area (Å²) in [4.78, 5) is 10.8. The Morgan fingerprint density at radius 2 is 1.94 bits per heavy atom. The van der Waals surface area contributed by atoms with Gasteiger partial charge in [-0.1, -0.05) is 11.6 Å². The summed E-state index contributed by atoms with van der Waals surface area (Å²) in [6.45, 7) is 0. The van der Waals surface area contributed by atoms with E-state index in [0.29, 0.717) is 0 Å². The summed E-state index contributed by atoms with van der Waals surface area (Å²) in [5.41, 5.74) is 9.51. The molecule has 1 amide bonds. The van der Waals surface area contributed by atoms with E-state index in [1.807, 2.05) is 0 Å². The summed E-state index contributed by atoms with van der Waals surface area (Å²) in [7, 11) is 0. The first-order chi connectivity index (χ1) is 7.22. The molecule has 0 aliphatic rings. The predicted octanol–water partition coefficient (Wildman–Crippen LogP) is 1.92. The maximum absolute atomic E-state index is 12.0. The van der Waals surface area contributed by atoms with Gasteiger partial charge in [0, 0.05) is 0 Å². The van der Waals surface area contributed by atoms with Crippen LogP contribution in [0.4, 0.5) is 18.9 Å². The van der Waals surface area contributed by atoms with Crippen molar-refractivity contribution >= 4 is 23.2 Å². The minimum absolute atomic E-state index is 0.147. The highest BCUT2D eigenvalue weighted by molar-refractivity contribution is 6.35. The molecule has 4 nitrogen and oxygen atoms in total. The van der Waals surface area contributed by atoms with Gasteiger partial charge in [0.25, 0.3) is 5.91 Å². The molecule has 0 heterocycles. The zero-order valence-corrected chi connectivity index (χ0v) is 8.39. The van der Waals surface area contributed by atoms with Gasteiger partial charge < -0.3 is 16.2 Å². The van der Waals surface area contributed by atoms with Crippen LogP contribution in [0.5, 0.6) is 5.75 Å². The molecule has 0 saturated heterocycles. The molecule has 8 heteroatoms. The monoisotopic (exact) mass is 254 g/mol. The summed E-state index contributed by atoms with van der Waals surface area (Å²) in [5, 5.41) is -0.506. The molecule has 88 valence electrons. The van der Waals surface area contributed by atoms with Gasteiger partial charge in [-0.25, -0.2) is 0 Å². The molecule has 0 spiro atoms. The van der Waals surface area contributed by atoms with Crippen molar-refractivity contribution in [1.82, 2.24) is 0 Å². The van der Waals surface area contributed by atoms with E-state index in [1.165, 1.54) is 0 Å². The number of nitrogens with two attached hydrogens (primary N) is 2. The summed E-state index contributed by atoms with van der Waals surface area (Å²) in [6, 6.07) is 2.16. The highest BCUT2D eigenvalue weighted by Crippen LogP contribution is 2.37. The van der Waals surface area contributed by atoms with Gasteiger partial charge in [-0.3, -0.25) is 4.79 Å². The second-order valence-corrected chi connectivity index (χ2v) is 3.14. The number of benzene rings is 1. The van der Waals surface area contributed by atoms with E-state index in [9.17, 15) is 18.0 Å². The Labute approximate surface area is 92.9 Å². The average molecular weight is 255 g/mol. The molecular formula is C8H6ClF3N2O2. The van der Waals surface area contributed by atoms with E-state index in [1.54, 1.807) is 0 Å². The van der Waals surface area contributed by atoms with Crippen molar-refractivity contribution in [3.63, 3.8) is 0 Å². The number of halogens is 4. The fourth-order valence-corrected chi connectivity index (χ4v) is 1.18. The molecule has 0 bridgehead atoms. The lowest BCUT2D eigenvalue weighted by Crippen LogP contribution is -2.21. The van der Waals surface area contributed by atoms with E-state index >= 15 is 0 Å². The molecule has 0 aliphatic carbocycles. The zero-order chi connectivity index (χ0) is 12.5. The summed E-state index contributed by atoms with van der Waals surface area (Å²) in [5.74, 6) is -1.98. The van der Waals surface area contributed by atoms with Crippen LogP contribution in [0.3, 0.4) is 0 Å². The van der Waals surface area contributed by atoms with Gasteiger partial charge in [-0.15, -0.1) is 13.2 Å². The van der Waals surface area contributed by atoms with Gasteiger partial charge in [-0.2, -0.15) is 0 Å². The number of carbonyl (C=O) groups is 1. The molecule has 4 N–H and O–H groups in total. The van der Waals surface area contributed by atoms with Crippen LogP contribution in [0.2, 0.25) is 5.02 Å². The zero-order valence-electron chi connectivity index (χ0n) is 7.64. The number of nitrogen functional groups attached to an aromatic ring is 1. The normalized spacial score (nSPS) is 11.2. The number of ether oxygens (including phenoxy) is 1. The summed E-state index contributed by atoms with van der Waals surface area (Å²) in [6.07, 6.45) is -4.98. The van der Waals surface area contributed by atoms with Gasteiger partial charge >= 0.3 is 6.36 Å². The highest BCUT2D eigenvalue weighted by Gasteiger charge is 2.34. The van der Waals surface area contributed by atoms with Crippen LogP contribution in [-0.4, -0.2) is 12.3 Å². The molecule has 0 aliphatic heterocycles. The number of amides is 1. The van der Waals surface area contributed by atoms with Crippen molar-refractivity contribution in [3.8, 4) is 5.75 Å². The number of anilines is 1. The van der Waals surface area contributed by atoms with Crippen LogP contribution in [0, 0.1) is 0 Å². The maximum Gasteiger partial charge on any atom is 0.573 e. The third kappa shape index (κ3) is 2.69. The third-order valence-corrected chi connectivity index (χ3v) is 2.00. The van der Waals surface area contributed by atoms with E-state index in [0.717, 1.165) is 12.1 Å². The molecule has 0 fully saturated rings. The largest absolute Gasteiger partial charge is 0.573 e. The van der Waals surface area contributed by atoms with Crippen molar-refractivity contribution in [2.75, 3.05) is 5.73 Å². The Morgan fingerprint density at radius 3 is 2.38 bits per heavy atom. The Bertz CT molecular complexity index is 434. The highest BCUT2D eigenvalue weighted by atomic mass is 35.5. The number of hydrogen-bond donors (Lipinski definition) is 2. The van der Waals surface area contributed by atoms with Gasteiger partial charge in [0.2, 0.25) is 0 Å². The van der Waals surface area contributed by atoms with Crippen molar-refractivity contribution in [1.29, 1.82) is 0 Å². The number of carbonyl (C=O) groups excluding carboxylic acids is 1. The fourth-order valence-electron chi connectivity index (χ4n) is 0.981. The van der Waals surface area contributed by atoms with E-state index in [-0.39, 0.29) is 5.69 Å². The van der Waals surface area contributed by atoms with Gasteiger partial charge in [-0.05, 0) is 12.1 Å². The van der Waals surface area contributed by atoms with Crippen LogP contribution >= 0.6 is 11.6 Å². The molecule has 1 aromatic rings. The fraction of sp³-hybridized carbons (Fsp3) is 0.125. The average Bonchev–Trinajstić information content (AvgIpc) is 2.10. The van der Waals surface area contributed by atoms with Crippen molar-refractivity contribution in [3.05, 3.63) is 22.7 Å². The van der Waals surface area contributed by atoms with E-state index < -0.39 is 28.6 Å². The van der Waals surface area contributed by atoms with Crippen molar-refractivity contribution in [2.45, 2.75) is 6.36 Å². The van der Waals surface area contributed by atoms with E-state index in [2.05, 4.69) is 4.74 Å². The SMILES string of the molecule is NC(=O)c1ccc(N)c(Cl)c1OC(F)(F)F. The molecule has 0 radical (unpaired) electrons. The molecule has 0 atom stereocenters. The molecule has 1 aromatic carbocycles. The first kappa shape index (κ1) is 12.4. The quantitative estimate of drug-likeness (QED) is 0.792. The first-order valence-corrected chi connectivity index (χ1v) is 4.23. The minimum atomic E-state index is -4.98. The second-order valence-electron chi connectivity index (χ2n) is 2.76. The molecule has 0 unspecified atom stereocenters.